The van der Waals surface area contributed by atoms with E-state index in [0.717, 1.165) is 16.7 Å². The summed E-state index contributed by atoms with van der Waals surface area (Å²) >= 11 is 0. The van der Waals surface area contributed by atoms with Crippen molar-refractivity contribution in [3.8, 4) is 11.1 Å². The second-order valence-corrected chi connectivity index (χ2v) is 7.24. The second-order valence-electron chi connectivity index (χ2n) is 7.24. The first-order valence-corrected chi connectivity index (χ1v) is 9.67. The van der Waals surface area contributed by atoms with Crippen molar-refractivity contribution < 1.29 is 9.59 Å². The predicted molar refractivity (Wildman–Crippen MR) is 114 cm³/mol. The van der Waals surface area contributed by atoms with Gasteiger partial charge in [-0.25, -0.2) is 0 Å². The van der Waals surface area contributed by atoms with Gasteiger partial charge in [0.05, 0.1) is 0 Å². The standard InChI is InChI=1S/C27H18O2/c28-26(18-9-3-1-4-10-18)23-16-15-22-21-14-8-7-13-20(21)17-24(22)25(23)27(29)19-11-5-2-6-12-19/h1-16H,17H2. The minimum atomic E-state index is -0.122. The highest BCUT2D eigenvalue weighted by atomic mass is 16.1. The maximum absolute atomic E-state index is 13.6. The van der Waals surface area contributed by atoms with Gasteiger partial charge in [-0.3, -0.25) is 9.59 Å². The Kier molecular flexibility index (Phi) is 4.18. The molecule has 0 radical (unpaired) electrons. The van der Waals surface area contributed by atoms with Crippen molar-refractivity contribution in [1.29, 1.82) is 0 Å². The number of carbonyl (C=O) groups excluding carboxylic acids is 2. The maximum atomic E-state index is 13.6. The second kappa shape index (κ2) is 6.99. The zero-order chi connectivity index (χ0) is 19.8. The smallest absolute Gasteiger partial charge is 0.194 e. The Morgan fingerprint density at radius 2 is 1.14 bits per heavy atom. The number of fused-ring (bicyclic) bond motifs is 3. The summed E-state index contributed by atoms with van der Waals surface area (Å²) < 4.78 is 0. The molecule has 5 rings (SSSR count). The number of hydrogen-bond donors (Lipinski definition) is 0. The van der Waals surface area contributed by atoms with Crippen LogP contribution in [0.2, 0.25) is 0 Å². The molecule has 0 N–H and O–H groups in total. The lowest BCUT2D eigenvalue weighted by Gasteiger charge is -2.14. The Labute approximate surface area is 169 Å². The summed E-state index contributed by atoms with van der Waals surface area (Å²) in [6.07, 6.45) is 0.662. The molecule has 0 heterocycles. The summed E-state index contributed by atoms with van der Waals surface area (Å²) in [5.74, 6) is -0.224. The molecule has 0 bridgehead atoms. The molecule has 2 nitrogen and oxygen atoms in total. The Hall–Kier alpha value is -3.78. The summed E-state index contributed by atoms with van der Waals surface area (Å²) in [6.45, 7) is 0. The summed E-state index contributed by atoms with van der Waals surface area (Å²) in [5.41, 5.74) is 6.50. The van der Waals surface area contributed by atoms with Crippen LogP contribution < -0.4 is 0 Å². The van der Waals surface area contributed by atoms with Crippen molar-refractivity contribution in [1.82, 2.24) is 0 Å². The normalized spacial score (nSPS) is 11.6. The maximum Gasteiger partial charge on any atom is 0.194 e. The molecule has 4 aromatic rings. The molecule has 0 unspecified atom stereocenters. The fourth-order valence-electron chi connectivity index (χ4n) is 4.14. The van der Waals surface area contributed by atoms with Crippen LogP contribution in [0.4, 0.5) is 0 Å². The van der Waals surface area contributed by atoms with E-state index in [9.17, 15) is 9.59 Å². The Bertz CT molecular complexity index is 1240. The van der Waals surface area contributed by atoms with Gasteiger partial charge in [-0.1, -0.05) is 91.0 Å². The van der Waals surface area contributed by atoms with Crippen molar-refractivity contribution in [3.05, 3.63) is 130 Å². The third kappa shape index (κ3) is 2.90. The summed E-state index contributed by atoms with van der Waals surface area (Å²) in [7, 11) is 0. The quantitative estimate of drug-likeness (QED) is 0.377. The lowest BCUT2D eigenvalue weighted by molar-refractivity contribution is 0.100. The van der Waals surface area contributed by atoms with E-state index in [0.29, 0.717) is 28.7 Å². The van der Waals surface area contributed by atoms with Crippen LogP contribution >= 0.6 is 0 Å². The fourth-order valence-corrected chi connectivity index (χ4v) is 4.14. The molecule has 1 aliphatic carbocycles. The fraction of sp³-hybridized carbons (Fsp3) is 0.0370. The lowest BCUT2D eigenvalue weighted by atomic mass is 9.87. The summed E-state index contributed by atoms with van der Waals surface area (Å²) in [4.78, 5) is 26.9. The molecule has 0 saturated carbocycles. The van der Waals surface area contributed by atoms with Gasteiger partial charge in [-0.2, -0.15) is 0 Å². The Morgan fingerprint density at radius 3 is 1.83 bits per heavy atom. The third-order valence-corrected chi connectivity index (χ3v) is 5.53. The molecule has 0 aliphatic heterocycles. The van der Waals surface area contributed by atoms with E-state index >= 15 is 0 Å². The van der Waals surface area contributed by atoms with Crippen LogP contribution in [-0.2, 0) is 6.42 Å². The highest BCUT2D eigenvalue weighted by molar-refractivity contribution is 6.21. The minimum Gasteiger partial charge on any atom is -0.289 e. The first kappa shape index (κ1) is 17.3. The molecule has 2 heteroatoms. The molecule has 0 fully saturated rings. The molecule has 0 saturated heterocycles. The molecule has 29 heavy (non-hydrogen) atoms. The predicted octanol–water partition coefficient (Wildman–Crippen LogP) is 5.72. The Balaban J connectivity index is 1.73. The van der Waals surface area contributed by atoms with Gasteiger partial charge in [-0.05, 0) is 34.7 Å². The number of benzene rings is 4. The number of hydrogen-bond acceptors (Lipinski definition) is 2. The summed E-state index contributed by atoms with van der Waals surface area (Å²) in [5, 5.41) is 0. The van der Waals surface area contributed by atoms with E-state index < -0.39 is 0 Å². The van der Waals surface area contributed by atoms with E-state index in [1.165, 1.54) is 5.56 Å². The van der Waals surface area contributed by atoms with Gasteiger partial charge in [0, 0.05) is 22.3 Å². The van der Waals surface area contributed by atoms with E-state index in [-0.39, 0.29) is 11.6 Å². The van der Waals surface area contributed by atoms with Gasteiger partial charge < -0.3 is 0 Å². The van der Waals surface area contributed by atoms with Gasteiger partial charge in [0.1, 0.15) is 0 Å². The monoisotopic (exact) mass is 374 g/mol. The van der Waals surface area contributed by atoms with Crippen molar-refractivity contribution in [2.45, 2.75) is 6.42 Å². The molecular weight excluding hydrogens is 356 g/mol. The molecule has 138 valence electrons. The van der Waals surface area contributed by atoms with Gasteiger partial charge >= 0.3 is 0 Å². The third-order valence-electron chi connectivity index (χ3n) is 5.53. The van der Waals surface area contributed by atoms with Crippen LogP contribution in [0.15, 0.2) is 97.1 Å². The van der Waals surface area contributed by atoms with E-state index in [4.69, 9.17) is 0 Å². The van der Waals surface area contributed by atoms with Crippen LogP contribution in [0.25, 0.3) is 11.1 Å². The van der Waals surface area contributed by atoms with Gasteiger partial charge in [0.2, 0.25) is 0 Å². The van der Waals surface area contributed by atoms with Gasteiger partial charge in [-0.15, -0.1) is 0 Å². The van der Waals surface area contributed by atoms with Crippen molar-refractivity contribution >= 4 is 11.6 Å². The summed E-state index contributed by atoms with van der Waals surface area (Å²) in [6, 6.07) is 30.3. The van der Waals surface area contributed by atoms with Crippen LogP contribution in [0.1, 0.15) is 43.0 Å². The molecule has 0 spiro atoms. The largest absolute Gasteiger partial charge is 0.289 e. The van der Waals surface area contributed by atoms with Crippen LogP contribution in [0, 0.1) is 0 Å². The van der Waals surface area contributed by atoms with Crippen molar-refractivity contribution in [3.63, 3.8) is 0 Å². The zero-order valence-corrected chi connectivity index (χ0v) is 15.8. The van der Waals surface area contributed by atoms with Crippen LogP contribution in [-0.4, -0.2) is 11.6 Å². The molecule has 0 aromatic heterocycles. The number of ketones is 2. The van der Waals surface area contributed by atoms with Gasteiger partial charge in [0.25, 0.3) is 0 Å². The first-order valence-electron chi connectivity index (χ1n) is 9.67. The zero-order valence-electron chi connectivity index (χ0n) is 15.8. The van der Waals surface area contributed by atoms with E-state index in [1.807, 2.05) is 60.7 Å². The molecule has 4 aromatic carbocycles. The minimum absolute atomic E-state index is 0.102. The van der Waals surface area contributed by atoms with E-state index in [2.05, 4.69) is 12.1 Å². The molecular formula is C27H18O2. The van der Waals surface area contributed by atoms with E-state index in [1.54, 1.807) is 24.3 Å². The number of rotatable bonds is 4. The topological polar surface area (TPSA) is 34.1 Å². The Morgan fingerprint density at radius 1 is 0.552 bits per heavy atom. The SMILES string of the molecule is O=C(c1ccccc1)c1ccc2c(c1C(=O)c1ccccc1)Cc1ccccc1-2. The molecule has 1 aliphatic rings. The average Bonchev–Trinajstić information content (AvgIpc) is 3.17. The highest BCUT2D eigenvalue weighted by Gasteiger charge is 2.29. The van der Waals surface area contributed by atoms with Crippen molar-refractivity contribution in [2.75, 3.05) is 0 Å². The molecule has 0 atom stereocenters. The highest BCUT2D eigenvalue weighted by Crippen LogP contribution is 2.40. The first-order chi connectivity index (χ1) is 14.2. The lowest BCUT2D eigenvalue weighted by Crippen LogP contribution is -2.14. The van der Waals surface area contributed by atoms with Gasteiger partial charge in [0.15, 0.2) is 11.6 Å². The van der Waals surface area contributed by atoms with Crippen LogP contribution in [0.3, 0.4) is 0 Å². The number of carbonyl (C=O) groups is 2. The van der Waals surface area contributed by atoms with Crippen LogP contribution in [0.5, 0.6) is 0 Å². The molecule has 0 amide bonds. The van der Waals surface area contributed by atoms with Crippen molar-refractivity contribution in [2.24, 2.45) is 0 Å². The average molecular weight is 374 g/mol.